The van der Waals surface area contributed by atoms with E-state index in [1.807, 2.05) is 6.07 Å². The normalized spacial score (nSPS) is 18.6. The summed E-state index contributed by atoms with van der Waals surface area (Å²) in [5.74, 6) is 1.82. The Kier molecular flexibility index (Phi) is 8.44. The lowest BCUT2D eigenvalue weighted by Gasteiger charge is -2.34. The predicted octanol–water partition coefficient (Wildman–Crippen LogP) is 5.18. The van der Waals surface area contributed by atoms with E-state index in [-0.39, 0.29) is 11.5 Å². The predicted molar refractivity (Wildman–Crippen MR) is 156 cm³/mol. The second kappa shape index (κ2) is 12.0. The van der Waals surface area contributed by atoms with Gasteiger partial charge in [0.1, 0.15) is 17.8 Å². The van der Waals surface area contributed by atoms with Crippen molar-refractivity contribution in [3.63, 3.8) is 0 Å². The van der Waals surface area contributed by atoms with Crippen molar-refractivity contribution in [1.82, 2.24) is 24.8 Å². The maximum absolute atomic E-state index is 12.9. The number of anilines is 1. The fraction of sp³-hybridized carbons (Fsp3) is 0.581. The van der Waals surface area contributed by atoms with Crippen molar-refractivity contribution in [2.75, 3.05) is 31.5 Å². The first-order valence-electron chi connectivity index (χ1n) is 14.5. The molecule has 38 heavy (non-hydrogen) atoms. The van der Waals surface area contributed by atoms with Crippen LogP contribution in [0.4, 0.5) is 5.82 Å². The molecular weight excluding hydrogens is 472 g/mol. The Hall–Kier alpha value is -2.77. The van der Waals surface area contributed by atoms with Crippen molar-refractivity contribution in [2.45, 2.75) is 84.3 Å². The SMILES string of the molecule is CC(C)N1CCC(Cc2cccc(CNc3ncnc4[nH]c(=O)c(C5CCN(C(C)C)CC5)cc34)c2)CC1. The molecule has 5 rings (SSSR count). The van der Waals surface area contributed by atoms with Crippen molar-refractivity contribution < 1.29 is 0 Å². The molecule has 3 aromatic rings. The third-order valence-electron chi connectivity index (χ3n) is 8.73. The van der Waals surface area contributed by atoms with Crippen LogP contribution < -0.4 is 10.9 Å². The van der Waals surface area contributed by atoms with E-state index in [2.05, 4.69) is 82.0 Å². The van der Waals surface area contributed by atoms with Crippen LogP contribution in [0.25, 0.3) is 11.0 Å². The van der Waals surface area contributed by atoms with Gasteiger partial charge in [0.15, 0.2) is 0 Å². The van der Waals surface area contributed by atoms with E-state index in [4.69, 9.17) is 0 Å². The van der Waals surface area contributed by atoms with Gasteiger partial charge in [-0.15, -0.1) is 0 Å². The Morgan fingerprint density at radius 1 is 0.921 bits per heavy atom. The Balaban J connectivity index is 1.26. The van der Waals surface area contributed by atoms with Crippen LogP contribution in [0.3, 0.4) is 0 Å². The number of nitrogens with one attached hydrogen (secondary N) is 2. The number of H-pyrrole nitrogens is 1. The molecule has 0 spiro atoms. The van der Waals surface area contributed by atoms with Crippen molar-refractivity contribution >= 4 is 16.9 Å². The van der Waals surface area contributed by atoms with Gasteiger partial charge < -0.3 is 20.1 Å². The number of fused-ring (bicyclic) bond motifs is 1. The van der Waals surface area contributed by atoms with Gasteiger partial charge in [-0.1, -0.05) is 24.3 Å². The van der Waals surface area contributed by atoms with Crippen LogP contribution in [-0.2, 0) is 13.0 Å². The molecule has 2 aromatic heterocycles. The summed E-state index contributed by atoms with van der Waals surface area (Å²) in [7, 11) is 0. The number of piperidine rings is 2. The van der Waals surface area contributed by atoms with E-state index in [0.717, 1.165) is 55.0 Å². The monoisotopic (exact) mass is 516 g/mol. The highest BCUT2D eigenvalue weighted by Gasteiger charge is 2.25. The molecule has 204 valence electrons. The van der Waals surface area contributed by atoms with E-state index in [9.17, 15) is 4.79 Å². The maximum atomic E-state index is 12.9. The molecule has 2 saturated heterocycles. The zero-order valence-electron chi connectivity index (χ0n) is 23.5. The Bertz CT molecular complexity index is 1270. The van der Waals surface area contributed by atoms with Crippen molar-refractivity contribution in [3.8, 4) is 0 Å². The first-order chi connectivity index (χ1) is 18.4. The number of hydrogen-bond acceptors (Lipinski definition) is 6. The molecule has 0 amide bonds. The van der Waals surface area contributed by atoms with Gasteiger partial charge in [0.2, 0.25) is 0 Å². The molecule has 4 heterocycles. The van der Waals surface area contributed by atoms with Gasteiger partial charge in [0.25, 0.3) is 5.56 Å². The molecule has 7 nitrogen and oxygen atoms in total. The van der Waals surface area contributed by atoms with Crippen LogP contribution in [0.15, 0.2) is 41.5 Å². The molecule has 0 bridgehead atoms. The van der Waals surface area contributed by atoms with Gasteiger partial charge in [-0.2, -0.15) is 0 Å². The van der Waals surface area contributed by atoms with Gasteiger partial charge in [-0.25, -0.2) is 9.97 Å². The second-order valence-electron chi connectivity index (χ2n) is 11.9. The van der Waals surface area contributed by atoms with Crippen molar-refractivity contribution in [3.05, 3.63) is 63.7 Å². The number of rotatable bonds is 8. The number of aromatic nitrogens is 3. The molecule has 7 heteroatoms. The molecule has 2 aliphatic heterocycles. The summed E-state index contributed by atoms with van der Waals surface area (Å²) in [6, 6.07) is 12.2. The lowest BCUT2D eigenvalue weighted by molar-refractivity contribution is 0.149. The zero-order chi connectivity index (χ0) is 26.6. The summed E-state index contributed by atoms with van der Waals surface area (Å²) < 4.78 is 0. The number of nitrogens with zero attached hydrogens (tertiary/aromatic N) is 4. The number of benzene rings is 1. The lowest BCUT2D eigenvalue weighted by Crippen LogP contribution is -2.38. The molecule has 0 atom stereocenters. The zero-order valence-corrected chi connectivity index (χ0v) is 23.5. The number of aromatic amines is 1. The Morgan fingerprint density at radius 3 is 2.26 bits per heavy atom. The highest BCUT2D eigenvalue weighted by molar-refractivity contribution is 5.86. The standard InChI is InChI=1S/C31H44N6O/c1-21(2)36-12-8-23(9-13-36)16-24-6-5-7-25(17-24)19-32-29-28-18-27(31(38)35-30(28)34-20-33-29)26-10-14-37(15-11-26)22(3)4/h5-7,17-18,20-23,26H,8-16,19H2,1-4H3,(H2,32,33,34,35,38). The van der Waals surface area contributed by atoms with Crippen molar-refractivity contribution in [1.29, 1.82) is 0 Å². The maximum Gasteiger partial charge on any atom is 0.253 e. The summed E-state index contributed by atoms with van der Waals surface area (Å²) in [6.07, 6.45) is 7.26. The van der Waals surface area contributed by atoms with E-state index in [0.29, 0.717) is 24.3 Å². The Morgan fingerprint density at radius 2 is 1.58 bits per heavy atom. The second-order valence-corrected chi connectivity index (χ2v) is 11.9. The third kappa shape index (κ3) is 6.26. The molecule has 0 aliphatic carbocycles. The molecule has 1 aromatic carbocycles. The number of likely N-dealkylation sites (tertiary alicyclic amines) is 2. The van der Waals surface area contributed by atoms with E-state index < -0.39 is 0 Å². The summed E-state index contributed by atoms with van der Waals surface area (Å²) in [5.41, 5.74) is 4.11. The average molecular weight is 517 g/mol. The van der Waals surface area contributed by atoms with Gasteiger partial charge in [-0.3, -0.25) is 4.79 Å². The number of hydrogen-bond donors (Lipinski definition) is 2. The minimum Gasteiger partial charge on any atom is -0.365 e. The fourth-order valence-corrected chi connectivity index (χ4v) is 6.26. The highest BCUT2D eigenvalue weighted by atomic mass is 16.1. The van der Waals surface area contributed by atoms with Gasteiger partial charge in [0.05, 0.1) is 5.39 Å². The molecule has 2 fully saturated rings. The topological polar surface area (TPSA) is 77.1 Å². The minimum absolute atomic E-state index is 0.0166. The lowest BCUT2D eigenvalue weighted by atomic mass is 9.89. The number of pyridine rings is 1. The molecule has 2 aliphatic rings. The Labute approximate surface area is 227 Å². The minimum atomic E-state index is -0.0166. The van der Waals surface area contributed by atoms with Crippen LogP contribution >= 0.6 is 0 Å². The van der Waals surface area contributed by atoms with Crippen LogP contribution in [0.1, 0.15) is 76.0 Å². The largest absolute Gasteiger partial charge is 0.365 e. The summed E-state index contributed by atoms with van der Waals surface area (Å²) in [4.78, 5) is 30.0. The van der Waals surface area contributed by atoms with E-state index in [1.54, 1.807) is 0 Å². The van der Waals surface area contributed by atoms with Gasteiger partial charge >= 0.3 is 0 Å². The van der Waals surface area contributed by atoms with Crippen LogP contribution in [0, 0.1) is 5.92 Å². The molecule has 0 unspecified atom stereocenters. The summed E-state index contributed by atoms with van der Waals surface area (Å²) >= 11 is 0. The van der Waals surface area contributed by atoms with Gasteiger partial charge in [-0.05, 0) is 115 Å². The smallest absolute Gasteiger partial charge is 0.253 e. The first kappa shape index (κ1) is 26.8. The van der Waals surface area contributed by atoms with E-state index in [1.165, 1.54) is 43.4 Å². The third-order valence-corrected chi connectivity index (χ3v) is 8.73. The molecular formula is C31H44N6O. The summed E-state index contributed by atoms with van der Waals surface area (Å²) in [5, 5.41) is 4.43. The van der Waals surface area contributed by atoms with Crippen LogP contribution in [0.2, 0.25) is 0 Å². The fourth-order valence-electron chi connectivity index (χ4n) is 6.26. The van der Waals surface area contributed by atoms with Crippen LogP contribution in [0.5, 0.6) is 0 Å². The molecule has 0 saturated carbocycles. The summed E-state index contributed by atoms with van der Waals surface area (Å²) in [6.45, 7) is 14.3. The highest BCUT2D eigenvalue weighted by Crippen LogP contribution is 2.29. The van der Waals surface area contributed by atoms with Gasteiger partial charge in [0, 0.05) is 24.2 Å². The van der Waals surface area contributed by atoms with Crippen LogP contribution in [-0.4, -0.2) is 63.0 Å². The average Bonchev–Trinajstić information content (AvgIpc) is 2.92. The van der Waals surface area contributed by atoms with E-state index >= 15 is 0 Å². The van der Waals surface area contributed by atoms with Crippen molar-refractivity contribution in [2.24, 2.45) is 5.92 Å². The molecule has 0 radical (unpaired) electrons. The first-order valence-corrected chi connectivity index (χ1v) is 14.5. The molecule has 2 N–H and O–H groups in total. The quantitative estimate of drug-likeness (QED) is 0.430.